The summed E-state index contributed by atoms with van der Waals surface area (Å²) in [5.74, 6) is -1.30. The first-order chi connectivity index (χ1) is 28.7. The van der Waals surface area contributed by atoms with Gasteiger partial charge in [-0.05, 0) is 72.9 Å². The maximum atomic E-state index is 14.8. The van der Waals surface area contributed by atoms with Crippen LogP contribution in [0, 0.1) is 5.92 Å². The predicted molar refractivity (Wildman–Crippen MR) is 243 cm³/mol. The molecule has 4 N–H and O–H groups in total. The SMILES string of the molecule is CSCC[C@H](NC(=O)[C@@H]1Cc2ccccc2CN1C(=O)[C@@H](NC[C@H](CSC(c1ccccc1)(c1ccccc1)c1ccccc1)NCC(=O)OC(C)(C)C)C(C)C)C(=O)O. The lowest BCUT2D eigenvalue weighted by Crippen LogP contribution is -2.60. The molecule has 0 saturated heterocycles. The maximum absolute atomic E-state index is 14.8. The maximum Gasteiger partial charge on any atom is 0.326 e. The van der Waals surface area contributed by atoms with Gasteiger partial charge in [-0.25, -0.2) is 4.79 Å². The Morgan fingerprint density at radius 1 is 0.800 bits per heavy atom. The lowest BCUT2D eigenvalue weighted by molar-refractivity contribution is -0.153. The molecular weight excluding hydrogens is 793 g/mol. The van der Waals surface area contributed by atoms with Gasteiger partial charge in [0.2, 0.25) is 11.8 Å². The summed E-state index contributed by atoms with van der Waals surface area (Å²) >= 11 is 3.26. The summed E-state index contributed by atoms with van der Waals surface area (Å²) in [7, 11) is 0. The van der Waals surface area contributed by atoms with Crippen molar-refractivity contribution in [2.45, 2.75) is 88.5 Å². The standard InChI is InChI=1S/C48H60N4O6S2/c1-33(2)43(45(55)52-31-35-19-17-16-18-34(35)28-41(52)44(54)51-40(46(56)57)26-27-59-6)50-29-39(49-30-42(53)58-47(3,4)5)32-60-48(36-20-10-7-11-21-36,37-22-12-8-13-23-37)38-24-14-9-15-25-38/h7-25,33,39-41,43,49-50H,26-32H2,1-6H3,(H,51,54)(H,56,57)/t39-,40+,41+,43+/m1/s1. The van der Waals surface area contributed by atoms with Crippen LogP contribution < -0.4 is 16.0 Å². The minimum atomic E-state index is -1.10. The van der Waals surface area contributed by atoms with Crippen molar-refractivity contribution in [3.8, 4) is 0 Å². The van der Waals surface area contributed by atoms with Crippen LogP contribution in [0.25, 0.3) is 0 Å². The fraction of sp³-hybridized carbons (Fsp3) is 0.417. The molecule has 60 heavy (non-hydrogen) atoms. The first-order valence-electron chi connectivity index (χ1n) is 20.6. The van der Waals surface area contributed by atoms with E-state index in [9.17, 15) is 24.3 Å². The van der Waals surface area contributed by atoms with Gasteiger partial charge in [0.1, 0.15) is 17.7 Å². The zero-order chi connectivity index (χ0) is 43.3. The number of carbonyl (C=O) groups excluding carboxylic acids is 3. The number of rotatable bonds is 20. The van der Waals surface area contributed by atoms with Crippen LogP contribution in [-0.4, -0.2) is 94.4 Å². The van der Waals surface area contributed by atoms with Crippen molar-refractivity contribution in [1.82, 2.24) is 20.9 Å². The van der Waals surface area contributed by atoms with Crippen molar-refractivity contribution in [2.24, 2.45) is 5.92 Å². The Bertz CT molecular complexity index is 1910. The molecule has 0 aliphatic carbocycles. The third-order valence-electron chi connectivity index (χ3n) is 10.6. The average Bonchev–Trinajstić information content (AvgIpc) is 3.23. The summed E-state index contributed by atoms with van der Waals surface area (Å²) in [5, 5.41) is 19.7. The van der Waals surface area contributed by atoms with Gasteiger partial charge in [0.15, 0.2) is 0 Å². The van der Waals surface area contributed by atoms with E-state index in [1.165, 1.54) is 11.8 Å². The van der Waals surface area contributed by atoms with E-state index in [0.717, 1.165) is 27.8 Å². The highest BCUT2D eigenvalue weighted by Gasteiger charge is 2.41. The molecule has 0 aromatic heterocycles. The zero-order valence-corrected chi connectivity index (χ0v) is 37.2. The lowest BCUT2D eigenvalue weighted by atomic mass is 9.84. The molecule has 1 aliphatic heterocycles. The van der Waals surface area contributed by atoms with Crippen molar-refractivity contribution >= 4 is 47.3 Å². The number of ether oxygens (including phenoxy) is 1. The molecule has 10 nitrogen and oxygen atoms in total. The number of thioether (sulfide) groups is 2. The molecule has 320 valence electrons. The Kier molecular flexibility index (Phi) is 16.8. The van der Waals surface area contributed by atoms with Crippen molar-refractivity contribution in [3.63, 3.8) is 0 Å². The minimum absolute atomic E-state index is 0.0358. The van der Waals surface area contributed by atoms with Gasteiger partial charge in [-0.1, -0.05) is 129 Å². The third kappa shape index (κ3) is 12.2. The number of carboxylic acid groups (broad SMARTS) is 1. The van der Waals surface area contributed by atoms with Crippen molar-refractivity contribution < 1.29 is 29.0 Å². The number of carbonyl (C=O) groups is 4. The monoisotopic (exact) mass is 852 g/mol. The number of nitrogens with one attached hydrogen (secondary N) is 3. The molecule has 0 bridgehead atoms. The summed E-state index contributed by atoms with van der Waals surface area (Å²) in [6, 6.07) is 36.0. The van der Waals surface area contributed by atoms with Gasteiger partial charge in [-0.3, -0.25) is 14.4 Å². The lowest BCUT2D eigenvalue weighted by Gasteiger charge is -2.40. The van der Waals surface area contributed by atoms with Crippen LogP contribution in [0.4, 0.5) is 0 Å². The van der Waals surface area contributed by atoms with E-state index in [2.05, 4.69) is 52.3 Å². The van der Waals surface area contributed by atoms with Crippen molar-refractivity contribution in [2.75, 3.05) is 30.9 Å². The van der Waals surface area contributed by atoms with Crippen LogP contribution in [0.2, 0.25) is 0 Å². The van der Waals surface area contributed by atoms with Gasteiger partial charge in [-0.2, -0.15) is 11.8 Å². The molecule has 2 amide bonds. The Morgan fingerprint density at radius 3 is 1.83 bits per heavy atom. The fourth-order valence-corrected chi connectivity index (χ4v) is 9.66. The van der Waals surface area contributed by atoms with Crippen LogP contribution in [0.1, 0.15) is 68.9 Å². The van der Waals surface area contributed by atoms with E-state index in [-0.39, 0.29) is 49.8 Å². The predicted octanol–water partition coefficient (Wildman–Crippen LogP) is 6.90. The van der Waals surface area contributed by atoms with E-state index < -0.39 is 40.4 Å². The summed E-state index contributed by atoms with van der Waals surface area (Å²) in [6.45, 7) is 9.94. The second-order valence-corrected chi connectivity index (χ2v) is 18.7. The number of benzene rings is 4. The molecular formula is C48H60N4O6S2. The zero-order valence-electron chi connectivity index (χ0n) is 35.6. The van der Waals surface area contributed by atoms with Crippen molar-refractivity contribution in [1.29, 1.82) is 0 Å². The van der Waals surface area contributed by atoms with Gasteiger partial charge >= 0.3 is 11.9 Å². The van der Waals surface area contributed by atoms with Crippen LogP contribution in [0.5, 0.6) is 0 Å². The molecule has 4 aromatic carbocycles. The summed E-state index contributed by atoms with van der Waals surface area (Å²) < 4.78 is 5.07. The average molecular weight is 853 g/mol. The summed E-state index contributed by atoms with van der Waals surface area (Å²) in [6.07, 6.45) is 2.43. The first kappa shape index (κ1) is 46.4. The molecule has 1 heterocycles. The summed E-state index contributed by atoms with van der Waals surface area (Å²) in [4.78, 5) is 55.7. The number of hydrogen-bond acceptors (Lipinski definition) is 9. The second-order valence-electron chi connectivity index (χ2n) is 16.5. The van der Waals surface area contributed by atoms with Gasteiger partial charge in [0.05, 0.1) is 17.3 Å². The van der Waals surface area contributed by atoms with Gasteiger partial charge in [0, 0.05) is 31.3 Å². The molecule has 4 atom stereocenters. The quantitative estimate of drug-likeness (QED) is 0.0549. The summed E-state index contributed by atoms with van der Waals surface area (Å²) in [5.41, 5.74) is 4.56. The number of hydrogen-bond donors (Lipinski definition) is 4. The van der Waals surface area contributed by atoms with E-state index in [4.69, 9.17) is 4.74 Å². The number of carboxylic acids is 1. The molecule has 12 heteroatoms. The minimum Gasteiger partial charge on any atom is -0.480 e. The molecule has 0 radical (unpaired) electrons. The van der Waals surface area contributed by atoms with Gasteiger partial charge < -0.3 is 30.7 Å². The normalized spacial score (nSPS) is 15.7. The molecule has 0 saturated carbocycles. The Labute approximate surface area is 364 Å². The highest BCUT2D eigenvalue weighted by atomic mass is 32.2. The Hall–Kier alpha value is -4.62. The number of amides is 2. The van der Waals surface area contributed by atoms with E-state index >= 15 is 0 Å². The topological polar surface area (TPSA) is 137 Å². The molecule has 4 aromatic rings. The van der Waals surface area contributed by atoms with Gasteiger partial charge in [-0.15, -0.1) is 11.8 Å². The smallest absolute Gasteiger partial charge is 0.326 e. The highest BCUT2D eigenvalue weighted by molar-refractivity contribution is 8.00. The second kappa shape index (κ2) is 21.8. The molecule has 0 fully saturated rings. The largest absolute Gasteiger partial charge is 0.480 e. The number of esters is 1. The fourth-order valence-electron chi connectivity index (χ4n) is 7.60. The van der Waals surface area contributed by atoms with E-state index in [1.54, 1.807) is 16.7 Å². The van der Waals surface area contributed by atoms with Crippen LogP contribution in [-0.2, 0) is 41.6 Å². The van der Waals surface area contributed by atoms with Crippen LogP contribution >= 0.6 is 23.5 Å². The molecule has 0 spiro atoms. The van der Waals surface area contributed by atoms with E-state index in [0.29, 0.717) is 18.1 Å². The van der Waals surface area contributed by atoms with Crippen LogP contribution in [0.15, 0.2) is 115 Å². The highest BCUT2D eigenvalue weighted by Crippen LogP contribution is 2.48. The third-order valence-corrected chi connectivity index (χ3v) is 12.9. The number of aliphatic carboxylic acids is 1. The van der Waals surface area contributed by atoms with Crippen LogP contribution in [0.3, 0.4) is 0 Å². The Morgan fingerprint density at radius 2 is 1.33 bits per heavy atom. The molecule has 1 aliphatic rings. The number of nitrogens with zero attached hydrogens (tertiary/aromatic N) is 1. The Balaban J connectivity index is 1.45. The van der Waals surface area contributed by atoms with Gasteiger partial charge in [0.25, 0.3) is 0 Å². The number of fused-ring (bicyclic) bond motifs is 1. The molecule has 0 unspecified atom stereocenters. The van der Waals surface area contributed by atoms with E-state index in [1.807, 2.05) is 120 Å². The molecule has 5 rings (SSSR count). The van der Waals surface area contributed by atoms with Crippen molar-refractivity contribution in [3.05, 3.63) is 143 Å². The first-order valence-corrected chi connectivity index (χ1v) is 23.0.